The van der Waals surface area contributed by atoms with Gasteiger partial charge in [0.2, 0.25) is 5.76 Å². The maximum absolute atomic E-state index is 12.4. The number of halogens is 1. The number of nitrogens with zero attached hydrogens (tertiary/aromatic N) is 2. The second kappa shape index (κ2) is 5.71. The lowest BCUT2D eigenvalue weighted by molar-refractivity contribution is 0.0568. The number of amides is 1. The molecule has 0 aliphatic carbocycles. The van der Waals surface area contributed by atoms with E-state index in [2.05, 4.69) is 17.2 Å². The maximum atomic E-state index is 12.4. The molecule has 0 radical (unpaired) electrons. The van der Waals surface area contributed by atoms with Crippen LogP contribution in [-0.4, -0.2) is 41.0 Å². The summed E-state index contributed by atoms with van der Waals surface area (Å²) in [6, 6.07) is 0.470. The van der Waals surface area contributed by atoms with Crippen LogP contribution in [0.1, 0.15) is 36.0 Å². The number of hydrogen-bond acceptors (Lipinski definition) is 4. The Bertz CT molecular complexity index is 433. The summed E-state index contributed by atoms with van der Waals surface area (Å²) in [4.78, 5) is 18.4. The molecular weight excluding hydrogens is 254 g/mol. The Morgan fingerprint density at radius 3 is 2.67 bits per heavy atom. The Morgan fingerprint density at radius 2 is 2.11 bits per heavy atom. The monoisotopic (exact) mass is 273 g/mol. The molecule has 18 heavy (non-hydrogen) atoms. The van der Waals surface area contributed by atoms with Gasteiger partial charge in [0.05, 0.1) is 5.69 Å². The highest BCUT2D eigenvalue weighted by Gasteiger charge is 2.31. The van der Waals surface area contributed by atoms with Crippen LogP contribution in [0.5, 0.6) is 0 Å². The second-order valence-electron chi connectivity index (χ2n) is 4.63. The first-order valence-electron chi connectivity index (χ1n) is 5.99. The Balaban J connectivity index is 0.00000162. The number of nitrogens with one attached hydrogen (secondary N) is 1. The van der Waals surface area contributed by atoms with Crippen molar-refractivity contribution in [2.45, 2.75) is 39.8 Å². The molecule has 2 atom stereocenters. The molecule has 2 rings (SSSR count). The number of oxazole rings is 1. The average Bonchev–Trinajstić information content (AvgIpc) is 2.61. The molecule has 2 heterocycles. The molecule has 1 fully saturated rings. The average molecular weight is 274 g/mol. The SMILES string of the molecule is Cc1nc(C)c(C(=O)N2CCNC(C)C2C)o1.Cl. The van der Waals surface area contributed by atoms with E-state index in [1.165, 1.54) is 0 Å². The van der Waals surface area contributed by atoms with Crippen molar-refractivity contribution in [2.24, 2.45) is 0 Å². The molecule has 1 aromatic heterocycles. The van der Waals surface area contributed by atoms with Gasteiger partial charge in [0.15, 0.2) is 5.89 Å². The molecule has 0 aromatic carbocycles. The zero-order valence-electron chi connectivity index (χ0n) is 11.2. The van der Waals surface area contributed by atoms with E-state index in [0.29, 0.717) is 29.9 Å². The number of aryl methyl sites for hydroxylation is 2. The summed E-state index contributed by atoms with van der Waals surface area (Å²) < 4.78 is 5.39. The van der Waals surface area contributed by atoms with Gasteiger partial charge in [-0.05, 0) is 20.8 Å². The summed E-state index contributed by atoms with van der Waals surface area (Å²) in [6.45, 7) is 9.23. The zero-order chi connectivity index (χ0) is 12.6. The van der Waals surface area contributed by atoms with Crippen molar-refractivity contribution in [3.63, 3.8) is 0 Å². The van der Waals surface area contributed by atoms with Crippen LogP contribution in [0.25, 0.3) is 0 Å². The lowest BCUT2D eigenvalue weighted by atomic mass is 10.1. The third-order valence-electron chi connectivity index (χ3n) is 3.39. The van der Waals surface area contributed by atoms with Gasteiger partial charge in [-0.3, -0.25) is 4.79 Å². The van der Waals surface area contributed by atoms with Crippen molar-refractivity contribution in [3.8, 4) is 0 Å². The Morgan fingerprint density at radius 1 is 1.44 bits per heavy atom. The molecule has 1 aliphatic heterocycles. The highest BCUT2D eigenvalue weighted by molar-refractivity contribution is 5.92. The molecular formula is C12H20ClN3O2. The topological polar surface area (TPSA) is 58.4 Å². The molecule has 1 N–H and O–H groups in total. The van der Waals surface area contributed by atoms with Gasteiger partial charge >= 0.3 is 0 Å². The van der Waals surface area contributed by atoms with E-state index < -0.39 is 0 Å². The molecule has 2 unspecified atom stereocenters. The van der Waals surface area contributed by atoms with E-state index in [9.17, 15) is 4.79 Å². The minimum atomic E-state index is -0.0519. The molecule has 1 amide bonds. The smallest absolute Gasteiger partial charge is 0.291 e. The lowest BCUT2D eigenvalue weighted by Gasteiger charge is -2.38. The molecule has 1 saturated heterocycles. The van der Waals surface area contributed by atoms with Gasteiger partial charge in [0, 0.05) is 32.1 Å². The predicted molar refractivity (Wildman–Crippen MR) is 71.2 cm³/mol. The van der Waals surface area contributed by atoms with E-state index in [-0.39, 0.29) is 24.4 Å². The van der Waals surface area contributed by atoms with E-state index in [1.54, 1.807) is 13.8 Å². The highest BCUT2D eigenvalue weighted by Crippen LogP contribution is 2.17. The fourth-order valence-electron chi connectivity index (χ4n) is 2.20. The molecule has 5 nitrogen and oxygen atoms in total. The predicted octanol–water partition coefficient (Wildman–Crippen LogP) is 1.54. The molecule has 6 heteroatoms. The van der Waals surface area contributed by atoms with Gasteiger partial charge in [-0.2, -0.15) is 0 Å². The van der Waals surface area contributed by atoms with Crippen LogP contribution in [0.3, 0.4) is 0 Å². The van der Waals surface area contributed by atoms with Crippen LogP contribution < -0.4 is 5.32 Å². The van der Waals surface area contributed by atoms with Crippen LogP contribution in [0.2, 0.25) is 0 Å². The summed E-state index contributed by atoms with van der Waals surface area (Å²) >= 11 is 0. The first-order valence-corrected chi connectivity index (χ1v) is 5.99. The third kappa shape index (κ3) is 2.67. The summed E-state index contributed by atoms with van der Waals surface area (Å²) in [5, 5.41) is 3.35. The summed E-state index contributed by atoms with van der Waals surface area (Å²) in [6.07, 6.45) is 0. The quantitative estimate of drug-likeness (QED) is 0.843. The minimum Gasteiger partial charge on any atom is -0.436 e. The van der Waals surface area contributed by atoms with Crippen molar-refractivity contribution in [1.82, 2.24) is 15.2 Å². The standard InChI is InChI=1S/C12H19N3O2.ClH/c1-7-9(3)15(6-5-13-7)12(16)11-8(2)14-10(4)17-11;/h7,9,13H,5-6H2,1-4H3;1H. The van der Waals surface area contributed by atoms with Crippen LogP contribution in [-0.2, 0) is 0 Å². The number of aromatic nitrogens is 1. The molecule has 0 spiro atoms. The van der Waals surface area contributed by atoms with Crippen LogP contribution in [0.4, 0.5) is 0 Å². The zero-order valence-corrected chi connectivity index (χ0v) is 12.0. The molecule has 0 saturated carbocycles. The Kier molecular flexibility index (Phi) is 4.76. The summed E-state index contributed by atoms with van der Waals surface area (Å²) in [5.41, 5.74) is 0.672. The van der Waals surface area contributed by atoms with Crippen molar-refractivity contribution in [2.75, 3.05) is 13.1 Å². The van der Waals surface area contributed by atoms with Crippen molar-refractivity contribution < 1.29 is 9.21 Å². The highest BCUT2D eigenvalue weighted by atomic mass is 35.5. The minimum absolute atomic E-state index is 0. The first-order chi connectivity index (χ1) is 8.00. The van der Waals surface area contributed by atoms with Crippen molar-refractivity contribution in [1.29, 1.82) is 0 Å². The summed E-state index contributed by atoms with van der Waals surface area (Å²) in [5.74, 6) is 0.870. The second-order valence-corrected chi connectivity index (χ2v) is 4.63. The lowest BCUT2D eigenvalue weighted by Crippen LogP contribution is -2.57. The number of carbonyl (C=O) groups excluding carboxylic acids is 1. The molecule has 0 bridgehead atoms. The number of piperazine rings is 1. The van der Waals surface area contributed by atoms with Gasteiger partial charge in [0.1, 0.15) is 0 Å². The third-order valence-corrected chi connectivity index (χ3v) is 3.39. The van der Waals surface area contributed by atoms with Gasteiger partial charge in [-0.1, -0.05) is 0 Å². The van der Waals surface area contributed by atoms with E-state index >= 15 is 0 Å². The molecule has 102 valence electrons. The van der Waals surface area contributed by atoms with Gasteiger partial charge in [-0.25, -0.2) is 4.98 Å². The van der Waals surface area contributed by atoms with Crippen molar-refractivity contribution >= 4 is 18.3 Å². The van der Waals surface area contributed by atoms with Crippen LogP contribution in [0.15, 0.2) is 4.42 Å². The molecule has 1 aliphatic rings. The number of carbonyl (C=O) groups is 1. The van der Waals surface area contributed by atoms with Gasteiger partial charge in [0.25, 0.3) is 5.91 Å². The molecule has 1 aromatic rings. The Hall–Kier alpha value is -1.07. The fourth-order valence-corrected chi connectivity index (χ4v) is 2.20. The van der Waals surface area contributed by atoms with E-state index in [1.807, 2.05) is 11.8 Å². The van der Waals surface area contributed by atoms with E-state index in [0.717, 1.165) is 6.54 Å². The maximum Gasteiger partial charge on any atom is 0.291 e. The first kappa shape index (κ1) is 15.0. The van der Waals surface area contributed by atoms with E-state index in [4.69, 9.17) is 4.42 Å². The van der Waals surface area contributed by atoms with Gasteiger partial charge in [-0.15, -0.1) is 12.4 Å². The summed E-state index contributed by atoms with van der Waals surface area (Å²) in [7, 11) is 0. The van der Waals surface area contributed by atoms with Crippen LogP contribution in [0, 0.1) is 13.8 Å². The fraction of sp³-hybridized carbons (Fsp3) is 0.667. The normalized spacial score (nSPS) is 23.7. The largest absolute Gasteiger partial charge is 0.436 e. The number of rotatable bonds is 1. The Labute approximate surface area is 113 Å². The van der Waals surface area contributed by atoms with Crippen molar-refractivity contribution in [3.05, 3.63) is 17.3 Å². The number of hydrogen-bond donors (Lipinski definition) is 1. The van der Waals surface area contributed by atoms with Gasteiger partial charge < -0.3 is 14.6 Å². The van der Waals surface area contributed by atoms with Crippen LogP contribution >= 0.6 is 12.4 Å².